The molecule has 0 saturated heterocycles. The van der Waals surface area contributed by atoms with Gasteiger partial charge in [-0.15, -0.1) is 0 Å². The van der Waals surface area contributed by atoms with Gasteiger partial charge >= 0.3 is 5.97 Å². The molecule has 0 spiro atoms. The van der Waals surface area contributed by atoms with Crippen LogP contribution in [0.1, 0.15) is 10.4 Å². The maximum Gasteiger partial charge on any atom is 0.335 e. The highest BCUT2D eigenvalue weighted by molar-refractivity contribution is 5.89. The molecule has 0 heterocycles. The van der Waals surface area contributed by atoms with Gasteiger partial charge in [0.1, 0.15) is 0 Å². The Kier molecular flexibility index (Phi) is 7.30. The molecule has 8 heteroatoms. The summed E-state index contributed by atoms with van der Waals surface area (Å²) in [6.07, 6.45) is 0. The second-order valence-corrected chi connectivity index (χ2v) is 3.76. The fraction of sp³-hybridized carbons (Fsp3) is 0.462. The van der Waals surface area contributed by atoms with E-state index in [1.165, 1.54) is 33.5 Å². The minimum absolute atomic E-state index is 0.0167. The van der Waals surface area contributed by atoms with Crippen molar-refractivity contribution in [2.75, 3.05) is 41.7 Å². The number of aromatic carboxylic acids is 1. The maximum atomic E-state index is 11.1. The average molecular weight is 302 g/mol. The van der Waals surface area contributed by atoms with Crippen LogP contribution in [0.2, 0.25) is 0 Å². The highest BCUT2D eigenvalue weighted by Crippen LogP contribution is 2.39. The van der Waals surface area contributed by atoms with Crippen LogP contribution in [0.5, 0.6) is 17.2 Å². The monoisotopic (exact) mass is 302 g/mol. The van der Waals surface area contributed by atoms with Crippen molar-refractivity contribution in [2.24, 2.45) is 0 Å². The zero-order chi connectivity index (χ0) is 15.7. The first-order valence-corrected chi connectivity index (χ1v) is 5.90. The molecule has 8 nitrogen and oxygen atoms in total. The number of hydrogen-bond acceptors (Lipinski definition) is 7. The third kappa shape index (κ3) is 5.10. The molecule has 1 aromatic rings. The molecule has 0 fully saturated rings. The molecule has 0 atom stereocenters. The Morgan fingerprint density at radius 3 is 1.71 bits per heavy atom. The van der Waals surface area contributed by atoms with Gasteiger partial charge in [-0.2, -0.15) is 0 Å². The van der Waals surface area contributed by atoms with Gasteiger partial charge < -0.3 is 33.5 Å². The topological polar surface area (TPSA) is 92.7 Å². The van der Waals surface area contributed by atoms with Gasteiger partial charge in [0.05, 0.1) is 5.56 Å². The van der Waals surface area contributed by atoms with E-state index in [9.17, 15) is 4.79 Å². The van der Waals surface area contributed by atoms with Crippen molar-refractivity contribution in [3.8, 4) is 17.2 Å². The van der Waals surface area contributed by atoms with Gasteiger partial charge in [-0.1, -0.05) is 0 Å². The second kappa shape index (κ2) is 9.01. The Labute approximate surface area is 122 Å². The number of carboxylic acids is 1. The van der Waals surface area contributed by atoms with Crippen molar-refractivity contribution < 1.29 is 38.3 Å². The lowest BCUT2D eigenvalue weighted by Crippen LogP contribution is -2.09. The first-order valence-electron chi connectivity index (χ1n) is 5.90. The van der Waals surface area contributed by atoms with Gasteiger partial charge in [-0.05, 0) is 12.1 Å². The van der Waals surface area contributed by atoms with E-state index in [2.05, 4.69) is 0 Å². The number of rotatable bonds is 10. The van der Waals surface area contributed by atoms with Crippen molar-refractivity contribution in [1.29, 1.82) is 0 Å². The van der Waals surface area contributed by atoms with Crippen LogP contribution < -0.4 is 14.2 Å². The van der Waals surface area contributed by atoms with E-state index in [0.717, 1.165) is 0 Å². The molecule has 1 N–H and O–H groups in total. The fourth-order valence-electron chi connectivity index (χ4n) is 1.42. The van der Waals surface area contributed by atoms with Crippen molar-refractivity contribution in [3.05, 3.63) is 17.7 Å². The smallest absolute Gasteiger partial charge is 0.335 e. The molecule has 1 aromatic carbocycles. The molecular formula is C13H18O8. The van der Waals surface area contributed by atoms with E-state index in [0.29, 0.717) is 0 Å². The summed E-state index contributed by atoms with van der Waals surface area (Å²) < 4.78 is 30.4. The molecule has 0 amide bonds. The lowest BCUT2D eigenvalue weighted by Gasteiger charge is -2.16. The summed E-state index contributed by atoms with van der Waals surface area (Å²) in [4.78, 5) is 11.1. The first kappa shape index (κ1) is 17.0. The predicted molar refractivity (Wildman–Crippen MR) is 70.9 cm³/mol. The minimum atomic E-state index is -1.13. The summed E-state index contributed by atoms with van der Waals surface area (Å²) in [6, 6.07) is 2.62. The van der Waals surface area contributed by atoms with Crippen LogP contribution in [0.4, 0.5) is 0 Å². The summed E-state index contributed by atoms with van der Waals surface area (Å²) in [7, 11) is 4.34. The van der Waals surface area contributed by atoms with Crippen molar-refractivity contribution in [1.82, 2.24) is 0 Å². The number of hydrogen-bond donors (Lipinski definition) is 1. The molecule has 0 saturated carbocycles. The molecule has 0 radical (unpaired) electrons. The Morgan fingerprint density at radius 2 is 1.33 bits per heavy atom. The van der Waals surface area contributed by atoms with Crippen LogP contribution in [-0.2, 0) is 14.2 Å². The third-order valence-electron chi connectivity index (χ3n) is 2.25. The largest absolute Gasteiger partial charge is 0.478 e. The molecule has 0 aromatic heterocycles. The van der Waals surface area contributed by atoms with Crippen LogP contribution in [0.3, 0.4) is 0 Å². The summed E-state index contributed by atoms with van der Waals surface area (Å²) >= 11 is 0. The van der Waals surface area contributed by atoms with Crippen molar-refractivity contribution in [2.45, 2.75) is 0 Å². The number of carbonyl (C=O) groups is 1. The third-order valence-corrected chi connectivity index (χ3v) is 2.25. The van der Waals surface area contributed by atoms with Crippen LogP contribution in [-0.4, -0.2) is 52.8 Å². The minimum Gasteiger partial charge on any atom is -0.478 e. The molecule has 0 aliphatic heterocycles. The standard InChI is InChI=1S/C13H18O8/c1-16-6-19-10-4-9(13(14)15)5-11(20-7-17-2)12(10)21-8-18-3/h4-5H,6-8H2,1-3H3,(H,14,15). The molecule has 0 bridgehead atoms. The Hall–Kier alpha value is -2.03. The molecule has 1 rings (SSSR count). The van der Waals surface area contributed by atoms with Gasteiger partial charge in [-0.3, -0.25) is 0 Å². The Bertz CT molecular complexity index is 430. The van der Waals surface area contributed by atoms with Crippen molar-refractivity contribution >= 4 is 5.97 Å². The molecule has 0 unspecified atom stereocenters. The van der Waals surface area contributed by atoms with E-state index in [4.69, 9.17) is 33.5 Å². The molecule has 0 aliphatic rings. The van der Waals surface area contributed by atoms with Crippen LogP contribution in [0.25, 0.3) is 0 Å². The summed E-state index contributed by atoms with van der Waals surface area (Å²) in [5.41, 5.74) is -0.0167. The van der Waals surface area contributed by atoms with Crippen LogP contribution in [0, 0.1) is 0 Å². The number of benzene rings is 1. The predicted octanol–water partition coefficient (Wildman–Crippen LogP) is 1.33. The van der Waals surface area contributed by atoms with E-state index >= 15 is 0 Å². The lowest BCUT2D eigenvalue weighted by molar-refractivity contribution is 0.0216. The average Bonchev–Trinajstić information content (AvgIpc) is 2.48. The molecule has 21 heavy (non-hydrogen) atoms. The lowest BCUT2D eigenvalue weighted by atomic mass is 10.2. The van der Waals surface area contributed by atoms with Gasteiger partial charge in [0, 0.05) is 21.3 Å². The number of carboxylic acid groups (broad SMARTS) is 1. The van der Waals surface area contributed by atoms with E-state index < -0.39 is 5.97 Å². The summed E-state index contributed by atoms with van der Waals surface area (Å²) in [6.45, 7) is -0.203. The highest BCUT2D eigenvalue weighted by Gasteiger charge is 2.18. The van der Waals surface area contributed by atoms with Crippen molar-refractivity contribution in [3.63, 3.8) is 0 Å². The highest BCUT2D eigenvalue weighted by atomic mass is 16.7. The quantitative estimate of drug-likeness (QED) is 0.647. The summed E-state index contributed by atoms with van der Waals surface area (Å²) in [5.74, 6) is -0.589. The first-order chi connectivity index (χ1) is 10.1. The molecule has 118 valence electrons. The maximum absolute atomic E-state index is 11.1. The SMILES string of the molecule is COCOc1cc(C(=O)O)cc(OCOC)c1OCOC. The Balaban J connectivity index is 3.18. The van der Waals surface area contributed by atoms with Crippen LogP contribution >= 0.6 is 0 Å². The Morgan fingerprint density at radius 1 is 0.905 bits per heavy atom. The van der Waals surface area contributed by atoms with E-state index in [1.807, 2.05) is 0 Å². The van der Waals surface area contributed by atoms with Gasteiger partial charge in [0.2, 0.25) is 5.75 Å². The van der Waals surface area contributed by atoms with Gasteiger partial charge in [-0.25, -0.2) is 4.79 Å². The van der Waals surface area contributed by atoms with Crippen LogP contribution in [0.15, 0.2) is 12.1 Å². The zero-order valence-electron chi connectivity index (χ0n) is 12.1. The molecular weight excluding hydrogens is 284 g/mol. The zero-order valence-corrected chi connectivity index (χ0v) is 12.1. The second-order valence-electron chi connectivity index (χ2n) is 3.76. The summed E-state index contributed by atoms with van der Waals surface area (Å²) in [5, 5.41) is 9.11. The number of ether oxygens (including phenoxy) is 6. The normalized spacial score (nSPS) is 10.2. The molecule has 0 aliphatic carbocycles. The number of methoxy groups -OCH3 is 3. The van der Waals surface area contributed by atoms with Gasteiger partial charge in [0.15, 0.2) is 31.9 Å². The fourth-order valence-corrected chi connectivity index (χ4v) is 1.42. The van der Waals surface area contributed by atoms with E-state index in [-0.39, 0.29) is 43.2 Å². The van der Waals surface area contributed by atoms with E-state index in [1.54, 1.807) is 0 Å². The van der Waals surface area contributed by atoms with Gasteiger partial charge in [0.25, 0.3) is 0 Å².